The Balaban J connectivity index is 2.31. The smallest absolute Gasteiger partial charge is 0.137 e. The maximum atomic E-state index is 13.4. The summed E-state index contributed by atoms with van der Waals surface area (Å²) in [5.74, 6) is 0.389. The van der Waals surface area contributed by atoms with Gasteiger partial charge in [0.1, 0.15) is 5.82 Å². The molecule has 106 valence electrons. The Morgan fingerprint density at radius 1 is 1.42 bits per heavy atom. The van der Waals surface area contributed by atoms with Crippen molar-refractivity contribution in [3.8, 4) is 0 Å². The highest BCUT2D eigenvalue weighted by atomic mass is 79.9. The van der Waals surface area contributed by atoms with Crippen LogP contribution < -0.4 is 5.32 Å². The molecule has 1 N–H and O–H groups in total. The third kappa shape index (κ3) is 3.56. The minimum Gasteiger partial charge on any atom is -0.319 e. The summed E-state index contributed by atoms with van der Waals surface area (Å²) in [6.45, 7) is 2.11. The third-order valence-corrected chi connectivity index (χ3v) is 4.62. The number of hydrogen-bond acceptors (Lipinski definition) is 2. The van der Waals surface area contributed by atoms with Crippen molar-refractivity contribution in [2.75, 3.05) is 27.2 Å². The lowest BCUT2D eigenvalue weighted by Crippen LogP contribution is -2.34. The molecule has 0 amide bonds. The van der Waals surface area contributed by atoms with Crippen LogP contribution in [0.25, 0.3) is 0 Å². The summed E-state index contributed by atoms with van der Waals surface area (Å²) in [6, 6.07) is 5.79. The summed E-state index contributed by atoms with van der Waals surface area (Å²) in [7, 11) is 4.18. The molecule has 1 aromatic carbocycles. The fraction of sp³-hybridized carbons (Fsp3) is 0.600. The van der Waals surface area contributed by atoms with Gasteiger partial charge < -0.3 is 5.32 Å². The van der Waals surface area contributed by atoms with Crippen molar-refractivity contribution in [2.45, 2.75) is 25.3 Å². The number of benzene rings is 1. The normalized spacial score (nSPS) is 25.3. The van der Waals surface area contributed by atoms with Crippen LogP contribution in [0.3, 0.4) is 0 Å². The van der Waals surface area contributed by atoms with Crippen LogP contribution in [0.5, 0.6) is 0 Å². The molecule has 0 bridgehead atoms. The quantitative estimate of drug-likeness (QED) is 0.912. The molecule has 1 aliphatic heterocycles. The fourth-order valence-electron chi connectivity index (χ4n) is 3.12. The van der Waals surface area contributed by atoms with E-state index in [1.54, 1.807) is 6.07 Å². The van der Waals surface area contributed by atoms with Crippen LogP contribution in [-0.2, 0) is 0 Å². The zero-order valence-corrected chi connectivity index (χ0v) is 13.2. The second-order valence-corrected chi connectivity index (χ2v) is 6.27. The van der Waals surface area contributed by atoms with Gasteiger partial charge in [-0.25, -0.2) is 4.39 Å². The van der Waals surface area contributed by atoms with E-state index in [9.17, 15) is 4.39 Å². The van der Waals surface area contributed by atoms with Gasteiger partial charge in [0.05, 0.1) is 4.47 Å². The number of halogens is 2. The van der Waals surface area contributed by atoms with E-state index in [0.717, 1.165) is 13.1 Å². The molecular weight excluding hydrogens is 307 g/mol. The monoisotopic (exact) mass is 328 g/mol. The van der Waals surface area contributed by atoms with Gasteiger partial charge in [-0.05, 0) is 79.6 Å². The minimum atomic E-state index is -0.190. The third-order valence-electron chi connectivity index (χ3n) is 4.01. The van der Waals surface area contributed by atoms with Crippen molar-refractivity contribution >= 4 is 15.9 Å². The van der Waals surface area contributed by atoms with Crippen LogP contribution in [0, 0.1) is 11.7 Å². The first-order chi connectivity index (χ1) is 9.13. The molecule has 1 fully saturated rings. The second-order valence-electron chi connectivity index (χ2n) is 5.41. The van der Waals surface area contributed by atoms with Crippen molar-refractivity contribution < 1.29 is 4.39 Å². The van der Waals surface area contributed by atoms with Crippen LogP contribution in [-0.4, -0.2) is 32.1 Å². The highest BCUT2D eigenvalue weighted by Crippen LogP contribution is 2.35. The molecule has 0 spiro atoms. The van der Waals surface area contributed by atoms with Crippen molar-refractivity contribution in [1.82, 2.24) is 10.2 Å². The number of nitrogens with one attached hydrogen (secondary N) is 1. The Kier molecular flexibility index (Phi) is 5.37. The summed E-state index contributed by atoms with van der Waals surface area (Å²) in [6.07, 6.45) is 3.75. The van der Waals surface area contributed by atoms with Crippen molar-refractivity contribution in [1.29, 1.82) is 0 Å². The molecule has 0 radical (unpaired) electrons. The molecule has 19 heavy (non-hydrogen) atoms. The minimum absolute atomic E-state index is 0.190. The Labute approximate surface area is 123 Å². The largest absolute Gasteiger partial charge is 0.319 e. The van der Waals surface area contributed by atoms with Gasteiger partial charge in [0.2, 0.25) is 0 Å². The van der Waals surface area contributed by atoms with Crippen LogP contribution >= 0.6 is 15.9 Å². The average molecular weight is 329 g/mol. The molecule has 0 aliphatic carbocycles. The van der Waals surface area contributed by atoms with E-state index in [4.69, 9.17) is 0 Å². The highest BCUT2D eigenvalue weighted by molar-refractivity contribution is 9.10. The van der Waals surface area contributed by atoms with E-state index < -0.39 is 0 Å². The van der Waals surface area contributed by atoms with Crippen molar-refractivity contribution in [3.63, 3.8) is 0 Å². The molecule has 1 aliphatic rings. The Bertz CT molecular complexity index is 425. The van der Waals surface area contributed by atoms with Gasteiger partial charge >= 0.3 is 0 Å². The summed E-state index contributed by atoms with van der Waals surface area (Å²) in [5, 5.41) is 3.30. The van der Waals surface area contributed by atoms with Gasteiger partial charge in [-0.2, -0.15) is 0 Å². The topological polar surface area (TPSA) is 15.3 Å². The van der Waals surface area contributed by atoms with Crippen LogP contribution in [0.4, 0.5) is 4.39 Å². The van der Waals surface area contributed by atoms with Gasteiger partial charge in [-0.1, -0.05) is 12.5 Å². The molecule has 1 saturated heterocycles. The van der Waals surface area contributed by atoms with Crippen LogP contribution in [0.2, 0.25) is 0 Å². The number of rotatable bonds is 3. The Hall–Kier alpha value is -0.450. The first kappa shape index (κ1) is 14.9. The molecule has 1 heterocycles. The van der Waals surface area contributed by atoms with E-state index in [0.29, 0.717) is 16.4 Å². The number of hydrogen-bond donors (Lipinski definition) is 1. The van der Waals surface area contributed by atoms with Crippen molar-refractivity contribution in [3.05, 3.63) is 34.1 Å². The zero-order valence-electron chi connectivity index (χ0n) is 11.6. The maximum Gasteiger partial charge on any atom is 0.137 e. The molecule has 1 aromatic rings. The van der Waals surface area contributed by atoms with Gasteiger partial charge in [0, 0.05) is 6.04 Å². The molecule has 2 rings (SSSR count). The maximum absolute atomic E-state index is 13.4. The van der Waals surface area contributed by atoms with Gasteiger partial charge in [-0.15, -0.1) is 0 Å². The first-order valence-corrected chi connectivity index (χ1v) is 7.72. The van der Waals surface area contributed by atoms with Gasteiger partial charge in [0.15, 0.2) is 0 Å². The molecule has 0 saturated carbocycles. The Morgan fingerprint density at radius 2 is 2.21 bits per heavy atom. The molecule has 2 atom stereocenters. The molecular formula is C15H22BrFN2. The van der Waals surface area contributed by atoms with E-state index in [1.807, 2.05) is 19.2 Å². The molecule has 2 unspecified atom stereocenters. The predicted octanol–water partition coefficient (Wildman–Crippen LogP) is 3.58. The summed E-state index contributed by atoms with van der Waals surface area (Å²) >= 11 is 3.30. The lowest BCUT2D eigenvalue weighted by atomic mass is 9.89. The molecule has 0 aromatic heterocycles. The number of likely N-dealkylation sites (tertiary alicyclic amines) is 1. The van der Waals surface area contributed by atoms with Crippen LogP contribution in [0.15, 0.2) is 22.7 Å². The number of nitrogens with zero attached hydrogens (tertiary/aromatic N) is 1. The predicted molar refractivity (Wildman–Crippen MR) is 80.7 cm³/mol. The van der Waals surface area contributed by atoms with Crippen LogP contribution in [0.1, 0.15) is 30.9 Å². The van der Waals surface area contributed by atoms with Gasteiger partial charge in [-0.3, -0.25) is 4.90 Å². The lowest BCUT2D eigenvalue weighted by molar-refractivity contribution is 0.191. The second kappa shape index (κ2) is 6.82. The summed E-state index contributed by atoms with van der Waals surface area (Å²) in [4.78, 5) is 2.41. The van der Waals surface area contributed by atoms with Crippen molar-refractivity contribution in [2.24, 2.45) is 5.92 Å². The van der Waals surface area contributed by atoms with E-state index in [2.05, 4.69) is 33.2 Å². The average Bonchev–Trinajstić information content (AvgIpc) is 2.56. The van der Waals surface area contributed by atoms with E-state index >= 15 is 0 Å². The first-order valence-electron chi connectivity index (χ1n) is 6.93. The van der Waals surface area contributed by atoms with E-state index in [-0.39, 0.29) is 5.82 Å². The molecule has 2 nitrogen and oxygen atoms in total. The fourth-order valence-corrected chi connectivity index (χ4v) is 3.52. The van der Waals surface area contributed by atoms with E-state index in [1.165, 1.54) is 24.8 Å². The zero-order chi connectivity index (χ0) is 13.8. The SMILES string of the molecule is CNCC1CCCCN(C)C1c1ccc(F)c(Br)c1. The highest BCUT2D eigenvalue weighted by Gasteiger charge is 2.28. The summed E-state index contributed by atoms with van der Waals surface area (Å²) in [5.41, 5.74) is 1.21. The lowest BCUT2D eigenvalue weighted by Gasteiger charge is -2.33. The summed E-state index contributed by atoms with van der Waals surface area (Å²) < 4.78 is 14.0. The molecule has 4 heteroatoms. The Morgan fingerprint density at radius 3 is 2.89 bits per heavy atom. The van der Waals surface area contributed by atoms with Gasteiger partial charge in [0.25, 0.3) is 0 Å². The standard InChI is InChI=1S/C15H22BrFN2/c1-18-10-12-5-3-4-8-19(2)15(12)11-6-7-14(17)13(16)9-11/h6-7,9,12,15,18H,3-5,8,10H2,1-2H3.